The number of rotatable bonds is 10. The van der Waals surface area contributed by atoms with Crippen LogP contribution in [0.25, 0.3) is 0 Å². The molecule has 0 bridgehead atoms. The van der Waals surface area contributed by atoms with Crippen molar-refractivity contribution < 1.29 is 14.3 Å². The lowest BCUT2D eigenvalue weighted by atomic mass is 10.1. The Labute approximate surface area is 187 Å². The summed E-state index contributed by atoms with van der Waals surface area (Å²) in [5.74, 6) is 0.263. The molecule has 30 heavy (non-hydrogen) atoms. The second-order valence-electron chi connectivity index (χ2n) is 7.49. The fourth-order valence-electron chi connectivity index (χ4n) is 3.12. The molecule has 0 spiro atoms. The monoisotopic (exact) mass is 474 g/mol. The Bertz CT molecular complexity index is 832. The molecule has 2 rings (SSSR count). The van der Waals surface area contributed by atoms with Crippen LogP contribution in [0.4, 0.5) is 0 Å². The maximum Gasteiger partial charge on any atom is 0.261 e. The number of benzene rings is 2. The number of unbranched alkanes of at least 4 members (excludes halogenated alkanes) is 1. The Balaban J connectivity index is 2.12. The van der Waals surface area contributed by atoms with Crippen molar-refractivity contribution >= 4 is 27.7 Å². The molecule has 6 heteroatoms. The number of carbonyl (C=O) groups excluding carboxylic acids is 2. The quantitative estimate of drug-likeness (QED) is 0.504. The van der Waals surface area contributed by atoms with Crippen molar-refractivity contribution in [3.05, 3.63) is 63.6 Å². The minimum atomic E-state index is -0.591. The van der Waals surface area contributed by atoms with Gasteiger partial charge in [0.2, 0.25) is 5.91 Å². The minimum absolute atomic E-state index is 0.125. The van der Waals surface area contributed by atoms with E-state index < -0.39 is 6.04 Å². The molecule has 1 atom stereocenters. The highest BCUT2D eigenvalue weighted by molar-refractivity contribution is 9.10. The summed E-state index contributed by atoms with van der Waals surface area (Å²) in [5, 5.41) is 2.92. The van der Waals surface area contributed by atoms with E-state index >= 15 is 0 Å². The molecule has 0 saturated carbocycles. The van der Waals surface area contributed by atoms with Gasteiger partial charge in [-0.05, 0) is 56.0 Å². The molecule has 0 aliphatic carbocycles. The largest absolute Gasteiger partial charge is 0.484 e. The van der Waals surface area contributed by atoms with Gasteiger partial charge in [-0.2, -0.15) is 0 Å². The highest BCUT2D eigenvalue weighted by Gasteiger charge is 2.26. The van der Waals surface area contributed by atoms with Gasteiger partial charge in [-0.1, -0.05) is 59.6 Å². The predicted molar refractivity (Wildman–Crippen MR) is 123 cm³/mol. The second kappa shape index (κ2) is 11.7. The molecule has 0 aliphatic heterocycles. The van der Waals surface area contributed by atoms with E-state index in [1.54, 1.807) is 11.8 Å². The number of carbonyl (C=O) groups is 2. The molecular weight excluding hydrogens is 444 g/mol. The SMILES string of the molecule is CCCCNC(=O)[C@H](C)N(Cc1ccccc1)C(=O)COc1cc(C)c(Br)c(C)c1. The van der Waals surface area contributed by atoms with Crippen molar-refractivity contribution in [3.63, 3.8) is 0 Å². The van der Waals surface area contributed by atoms with E-state index in [2.05, 4.69) is 28.2 Å². The lowest BCUT2D eigenvalue weighted by Crippen LogP contribution is -2.49. The molecular formula is C24H31BrN2O3. The molecule has 0 fully saturated rings. The second-order valence-corrected chi connectivity index (χ2v) is 8.28. The smallest absolute Gasteiger partial charge is 0.261 e. The number of ether oxygens (including phenoxy) is 1. The van der Waals surface area contributed by atoms with E-state index in [-0.39, 0.29) is 18.4 Å². The summed E-state index contributed by atoms with van der Waals surface area (Å²) < 4.78 is 6.82. The summed E-state index contributed by atoms with van der Waals surface area (Å²) in [6.07, 6.45) is 1.91. The molecule has 0 saturated heterocycles. The van der Waals surface area contributed by atoms with Gasteiger partial charge >= 0.3 is 0 Å². The zero-order valence-corrected chi connectivity index (χ0v) is 19.8. The van der Waals surface area contributed by atoms with E-state index in [0.717, 1.165) is 34.0 Å². The van der Waals surface area contributed by atoms with E-state index in [1.165, 1.54) is 0 Å². The van der Waals surface area contributed by atoms with Crippen LogP contribution in [0.15, 0.2) is 46.9 Å². The van der Waals surface area contributed by atoms with E-state index in [0.29, 0.717) is 18.8 Å². The van der Waals surface area contributed by atoms with Crippen LogP contribution in [0.3, 0.4) is 0 Å². The Morgan fingerprint density at radius 3 is 2.37 bits per heavy atom. The van der Waals surface area contributed by atoms with Crippen LogP contribution in [-0.4, -0.2) is 35.9 Å². The van der Waals surface area contributed by atoms with Crippen LogP contribution < -0.4 is 10.1 Å². The van der Waals surface area contributed by atoms with Gasteiger partial charge in [0.1, 0.15) is 11.8 Å². The topological polar surface area (TPSA) is 58.6 Å². The molecule has 5 nitrogen and oxygen atoms in total. The number of halogens is 1. The summed E-state index contributed by atoms with van der Waals surface area (Å²) in [4.78, 5) is 27.2. The molecule has 2 amide bonds. The third-order valence-electron chi connectivity index (χ3n) is 4.96. The van der Waals surface area contributed by atoms with Gasteiger partial charge in [-0.25, -0.2) is 0 Å². The molecule has 162 valence electrons. The van der Waals surface area contributed by atoms with E-state index in [1.807, 2.05) is 56.3 Å². The number of nitrogens with one attached hydrogen (secondary N) is 1. The number of nitrogens with zero attached hydrogens (tertiary/aromatic N) is 1. The normalized spacial score (nSPS) is 11.6. The van der Waals surface area contributed by atoms with Crippen molar-refractivity contribution in [2.24, 2.45) is 0 Å². The summed E-state index contributed by atoms with van der Waals surface area (Å²) in [5.41, 5.74) is 3.05. The average molecular weight is 475 g/mol. The van der Waals surface area contributed by atoms with Crippen LogP contribution in [0.2, 0.25) is 0 Å². The highest BCUT2D eigenvalue weighted by Crippen LogP contribution is 2.26. The molecule has 0 heterocycles. The standard InChI is InChI=1S/C24H31BrN2O3/c1-5-6-12-26-24(29)19(4)27(15-20-10-8-7-9-11-20)22(28)16-30-21-13-17(2)23(25)18(3)14-21/h7-11,13-14,19H,5-6,12,15-16H2,1-4H3,(H,26,29)/t19-/m0/s1. The number of hydrogen-bond donors (Lipinski definition) is 1. The molecule has 1 N–H and O–H groups in total. The fraction of sp³-hybridized carbons (Fsp3) is 0.417. The van der Waals surface area contributed by atoms with Crippen LogP contribution in [0, 0.1) is 13.8 Å². The summed E-state index contributed by atoms with van der Waals surface area (Å²) >= 11 is 3.54. The van der Waals surface area contributed by atoms with Gasteiger partial charge in [0, 0.05) is 17.6 Å². The zero-order valence-electron chi connectivity index (χ0n) is 18.2. The minimum Gasteiger partial charge on any atom is -0.484 e. The summed E-state index contributed by atoms with van der Waals surface area (Å²) in [7, 11) is 0. The third kappa shape index (κ3) is 6.87. The van der Waals surface area contributed by atoms with Gasteiger partial charge in [0.15, 0.2) is 6.61 Å². The Morgan fingerprint density at radius 1 is 1.13 bits per heavy atom. The number of hydrogen-bond acceptors (Lipinski definition) is 3. The van der Waals surface area contributed by atoms with Crippen molar-refractivity contribution in [3.8, 4) is 5.75 Å². The Morgan fingerprint density at radius 2 is 1.77 bits per heavy atom. The third-order valence-corrected chi connectivity index (χ3v) is 6.22. The average Bonchev–Trinajstić information content (AvgIpc) is 2.74. The van der Waals surface area contributed by atoms with Crippen LogP contribution in [-0.2, 0) is 16.1 Å². The van der Waals surface area contributed by atoms with Gasteiger partial charge in [-0.3, -0.25) is 9.59 Å². The summed E-state index contributed by atoms with van der Waals surface area (Å²) in [6, 6.07) is 12.9. The number of amides is 2. The first-order valence-corrected chi connectivity index (χ1v) is 11.1. The predicted octanol–water partition coefficient (Wildman–Crippen LogP) is 4.78. The molecule has 0 radical (unpaired) electrons. The summed E-state index contributed by atoms with van der Waals surface area (Å²) in [6.45, 7) is 8.64. The lowest BCUT2D eigenvalue weighted by Gasteiger charge is -2.28. The maximum atomic E-state index is 13.0. The van der Waals surface area contributed by atoms with Crippen LogP contribution in [0.5, 0.6) is 5.75 Å². The van der Waals surface area contributed by atoms with Crippen molar-refractivity contribution in [2.75, 3.05) is 13.2 Å². The first kappa shape index (κ1) is 23.9. The lowest BCUT2D eigenvalue weighted by molar-refractivity contribution is -0.142. The van der Waals surface area contributed by atoms with Crippen LogP contribution in [0.1, 0.15) is 43.4 Å². The first-order valence-electron chi connectivity index (χ1n) is 10.3. The van der Waals surface area contributed by atoms with Crippen LogP contribution >= 0.6 is 15.9 Å². The van der Waals surface area contributed by atoms with Gasteiger partial charge in [-0.15, -0.1) is 0 Å². The van der Waals surface area contributed by atoms with E-state index in [4.69, 9.17) is 4.74 Å². The number of aryl methyl sites for hydroxylation is 2. The first-order chi connectivity index (χ1) is 14.3. The van der Waals surface area contributed by atoms with Gasteiger partial charge in [0.25, 0.3) is 5.91 Å². The van der Waals surface area contributed by atoms with Crippen molar-refractivity contribution in [1.82, 2.24) is 10.2 Å². The van der Waals surface area contributed by atoms with Gasteiger partial charge < -0.3 is 15.0 Å². The van der Waals surface area contributed by atoms with E-state index in [9.17, 15) is 9.59 Å². The molecule has 2 aromatic carbocycles. The van der Waals surface area contributed by atoms with Gasteiger partial charge in [0.05, 0.1) is 0 Å². The maximum absolute atomic E-state index is 13.0. The van der Waals surface area contributed by atoms with Crippen molar-refractivity contribution in [2.45, 2.75) is 53.1 Å². The van der Waals surface area contributed by atoms with Crippen molar-refractivity contribution in [1.29, 1.82) is 0 Å². The Kier molecular flexibility index (Phi) is 9.37. The Hall–Kier alpha value is -2.34. The highest BCUT2D eigenvalue weighted by atomic mass is 79.9. The molecule has 0 aromatic heterocycles. The molecule has 0 aliphatic rings. The molecule has 0 unspecified atom stereocenters. The molecule has 2 aromatic rings. The fourth-order valence-corrected chi connectivity index (χ4v) is 3.35. The zero-order chi connectivity index (χ0) is 22.1.